The first kappa shape index (κ1) is 26.5. The van der Waals surface area contributed by atoms with Crippen LogP contribution in [0.3, 0.4) is 0 Å². The zero-order valence-electron chi connectivity index (χ0n) is 25.5. The van der Waals surface area contributed by atoms with Crippen LogP contribution in [0, 0.1) is 0 Å². The molecule has 1 aliphatic rings. The van der Waals surface area contributed by atoms with Gasteiger partial charge in [-0.25, -0.2) is 15.0 Å². The summed E-state index contributed by atoms with van der Waals surface area (Å²) in [5.74, 6) is 1.97. The summed E-state index contributed by atoms with van der Waals surface area (Å²) in [5, 5.41) is 2.34. The fourth-order valence-corrected chi connectivity index (χ4v) is 7.01. The SMILES string of the molecule is CC1(C)c2ccc(-c3ccc(-c4nc(-c5ccccc5)nc(-c5ccccc5)n4)cc3)cc2-c2ccc3c(oc4ccccc43)c21. The molecule has 0 bridgehead atoms. The van der Waals surface area contributed by atoms with Crippen LogP contribution < -0.4 is 0 Å². The highest BCUT2D eigenvalue weighted by Gasteiger charge is 2.38. The van der Waals surface area contributed by atoms with Crippen LogP contribution in [0.5, 0.6) is 0 Å². The van der Waals surface area contributed by atoms with Gasteiger partial charge in [-0.05, 0) is 46.0 Å². The molecule has 4 nitrogen and oxygen atoms in total. The minimum Gasteiger partial charge on any atom is -0.456 e. The Morgan fingerprint density at radius 3 is 1.65 bits per heavy atom. The Balaban J connectivity index is 1.12. The van der Waals surface area contributed by atoms with Crippen molar-refractivity contribution in [2.75, 3.05) is 0 Å². The lowest BCUT2D eigenvalue weighted by molar-refractivity contribution is 0.620. The number of aromatic nitrogens is 3. The fourth-order valence-electron chi connectivity index (χ4n) is 7.01. The van der Waals surface area contributed by atoms with E-state index in [1.165, 1.54) is 33.2 Å². The van der Waals surface area contributed by atoms with E-state index in [1.54, 1.807) is 0 Å². The van der Waals surface area contributed by atoms with Crippen molar-refractivity contribution in [3.05, 3.63) is 151 Å². The molecule has 0 atom stereocenters. The van der Waals surface area contributed by atoms with Crippen LogP contribution in [-0.4, -0.2) is 15.0 Å². The summed E-state index contributed by atoms with van der Waals surface area (Å²) in [4.78, 5) is 14.6. The maximum atomic E-state index is 6.49. The summed E-state index contributed by atoms with van der Waals surface area (Å²) in [5.41, 5.74) is 12.0. The van der Waals surface area contributed by atoms with E-state index >= 15 is 0 Å². The number of fused-ring (bicyclic) bond motifs is 7. The van der Waals surface area contributed by atoms with E-state index in [4.69, 9.17) is 19.4 Å². The molecule has 2 aromatic heterocycles. The van der Waals surface area contributed by atoms with Gasteiger partial charge in [0, 0.05) is 38.4 Å². The average Bonchev–Trinajstić information content (AvgIpc) is 3.60. The number of para-hydroxylation sites is 1. The molecule has 0 saturated heterocycles. The van der Waals surface area contributed by atoms with Crippen molar-refractivity contribution >= 4 is 21.9 Å². The Labute approximate surface area is 267 Å². The van der Waals surface area contributed by atoms with Crippen molar-refractivity contribution in [1.29, 1.82) is 0 Å². The zero-order valence-corrected chi connectivity index (χ0v) is 25.5. The normalized spacial score (nSPS) is 13.2. The molecule has 0 saturated carbocycles. The summed E-state index contributed by atoms with van der Waals surface area (Å²) >= 11 is 0. The third-order valence-corrected chi connectivity index (χ3v) is 9.33. The van der Waals surface area contributed by atoms with E-state index in [9.17, 15) is 0 Å². The largest absolute Gasteiger partial charge is 0.456 e. The molecular formula is C42H29N3O. The van der Waals surface area contributed by atoms with Gasteiger partial charge < -0.3 is 4.42 Å². The van der Waals surface area contributed by atoms with Crippen molar-refractivity contribution in [2.45, 2.75) is 19.3 Å². The predicted molar refractivity (Wildman–Crippen MR) is 186 cm³/mol. The van der Waals surface area contributed by atoms with Gasteiger partial charge in [-0.2, -0.15) is 0 Å². The highest BCUT2D eigenvalue weighted by Crippen LogP contribution is 2.53. The number of hydrogen-bond donors (Lipinski definition) is 0. The monoisotopic (exact) mass is 591 g/mol. The topological polar surface area (TPSA) is 51.8 Å². The summed E-state index contributed by atoms with van der Waals surface area (Å²) in [6.07, 6.45) is 0. The molecule has 0 N–H and O–H groups in total. The van der Waals surface area contributed by atoms with Gasteiger partial charge in [0.2, 0.25) is 0 Å². The summed E-state index contributed by atoms with van der Waals surface area (Å²) < 4.78 is 6.49. The molecule has 0 aliphatic heterocycles. The third-order valence-electron chi connectivity index (χ3n) is 9.33. The second-order valence-electron chi connectivity index (χ2n) is 12.5. The number of benzene rings is 6. The smallest absolute Gasteiger partial charge is 0.164 e. The minimum absolute atomic E-state index is 0.175. The van der Waals surface area contributed by atoms with Gasteiger partial charge in [-0.1, -0.05) is 135 Å². The summed E-state index contributed by atoms with van der Waals surface area (Å²) in [7, 11) is 0. The van der Waals surface area contributed by atoms with E-state index in [2.05, 4.69) is 86.6 Å². The highest BCUT2D eigenvalue weighted by atomic mass is 16.3. The summed E-state index contributed by atoms with van der Waals surface area (Å²) in [6, 6.07) is 48.3. The molecule has 6 aromatic carbocycles. The average molecular weight is 592 g/mol. The lowest BCUT2D eigenvalue weighted by atomic mass is 9.81. The van der Waals surface area contributed by atoms with E-state index in [1.807, 2.05) is 66.7 Å². The Bertz CT molecular complexity index is 2370. The van der Waals surface area contributed by atoms with Gasteiger partial charge >= 0.3 is 0 Å². The quantitative estimate of drug-likeness (QED) is 0.204. The first-order valence-electron chi connectivity index (χ1n) is 15.6. The molecule has 0 amide bonds. The molecule has 2 heterocycles. The van der Waals surface area contributed by atoms with Gasteiger partial charge in [0.1, 0.15) is 11.2 Å². The fraction of sp³-hybridized carbons (Fsp3) is 0.0714. The second-order valence-corrected chi connectivity index (χ2v) is 12.5. The third kappa shape index (κ3) is 4.11. The van der Waals surface area contributed by atoms with Crippen LogP contribution in [0.2, 0.25) is 0 Å². The Morgan fingerprint density at radius 1 is 0.457 bits per heavy atom. The van der Waals surface area contributed by atoms with Gasteiger partial charge in [-0.3, -0.25) is 0 Å². The molecule has 0 unspecified atom stereocenters. The lowest BCUT2D eigenvalue weighted by Gasteiger charge is -2.21. The number of hydrogen-bond acceptors (Lipinski definition) is 4. The van der Waals surface area contributed by atoms with Crippen LogP contribution in [0.4, 0.5) is 0 Å². The van der Waals surface area contributed by atoms with Crippen LogP contribution >= 0.6 is 0 Å². The van der Waals surface area contributed by atoms with Crippen molar-refractivity contribution in [1.82, 2.24) is 15.0 Å². The van der Waals surface area contributed by atoms with Crippen molar-refractivity contribution in [3.8, 4) is 56.4 Å². The molecule has 1 aliphatic carbocycles. The first-order valence-corrected chi connectivity index (χ1v) is 15.6. The van der Waals surface area contributed by atoms with Crippen molar-refractivity contribution < 1.29 is 4.42 Å². The molecule has 0 spiro atoms. The van der Waals surface area contributed by atoms with E-state index in [-0.39, 0.29) is 5.41 Å². The van der Waals surface area contributed by atoms with E-state index in [0.29, 0.717) is 17.5 Å². The second kappa shape index (κ2) is 10.1. The van der Waals surface area contributed by atoms with Gasteiger partial charge in [0.05, 0.1) is 0 Å². The standard InChI is InChI=1S/C42H29N3O/c1-42(2)35-24-21-30(25-34(35)32-22-23-33-31-15-9-10-16-36(31)46-38(33)37(32)42)26-17-19-29(20-18-26)41-44-39(27-11-5-3-6-12-27)43-40(45-41)28-13-7-4-8-14-28/h3-25H,1-2H3. The van der Waals surface area contributed by atoms with Gasteiger partial charge in [-0.15, -0.1) is 0 Å². The van der Waals surface area contributed by atoms with Crippen molar-refractivity contribution in [2.24, 2.45) is 0 Å². The number of nitrogens with zero attached hydrogens (tertiary/aromatic N) is 3. The van der Waals surface area contributed by atoms with Gasteiger partial charge in [0.15, 0.2) is 17.5 Å². The summed E-state index contributed by atoms with van der Waals surface area (Å²) in [6.45, 7) is 4.61. The molecule has 46 heavy (non-hydrogen) atoms. The van der Waals surface area contributed by atoms with E-state index in [0.717, 1.165) is 38.8 Å². The Hall–Kier alpha value is -5.87. The van der Waals surface area contributed by atoms with Crippen LogP contribution in [0.1, 0.15) is 25.0 Å². The predicted octanol–water partition coefficient (Wildman–Crippen LogP) is 10.7. The lowest BCUT2D eigenvalue weighted by Crippen LogP contribution is -2.15. The molecule has 9 rings (SSSR count). The minimum atomic E-state index is -0.175. The van der Waals surface area contributed by atoms with Crippen LogP contribution in [-0.2, 0) is 5.41 Å². The number of furan rings is 1. The first-order chi connectivity index (χ1) is 22.5. The van der Waals surface area contributed by atoms with Crippen molar-refractivity contribution in [3.63, 3.8) is 0 Å². The molecule has 218 valence electrons. The molecular weight excluding hydrogens is 562 g/mol. The Morgan fingerprint density at radius 2 is 1.00 bits per heavy atom. The molecule has 8 aromatic rings. The zero-order chi connectivity index (χ0) is 30.8. The van der Waals surface area contributed by atoms with Gasteiger partial charge in [0.25, 0.3) is 0 Å². The molecule has 0 fully saturated rings. The maximum Gasteiger partial charge on any atom is 0.164 e. The highest BCUT2D eigenvalue weighted by molar-refractivity contribution is 6.09. The Kier molecular flexibility index (Phi) is 5.81. The molecule has 4 heteroatoms. The maximum absolute atomic E-state index is 6.49. The van der Waals surface area contributed by atoms with Crippen LogP contribution in [0.15, 0.2) is 144 Å². The van der Waals surface area contributed by atoms with E-state index < -0.39 is 0 Å². The van der Waals surface area contributed by atoms with Crippen LogP contribution in [0.25, 0.3) is 78.4 Å². The number of rotatable bonds is 4. The molecule has 0 radical (unpaired) electrons.